The van der Waals surface area contributed by atoms with Crippen LogP contribution >= 0.6 is 0 Å². The van der Waals surface area contributed by atoms with Crippen molar-refractivity contribution in [3.05, 3.63) is 70.3 Å². The van der Waals surface area contributed by atoms with E-state index < -0.39 is 29.5 Å². The van der Waals surface area contributed by atoms with Crippen molar-refractivity contribution >= 4 is 0 Å². The van der Waals surface area contributed by atoms with Crippen molar-refractivity contribution in [3.8, 4) is 0 Å². The maximum absolute atomic E-state index is 13.6. The van der Waals surface area contributed by atoms with Crippen molar-refractivity contribution in [3.63, 3.8) is 0 Å². The number of aliphatic hydroxyl groups excluding tert-OH is 1. The fraction of sp³-hybridized carbons (Fsp3) is 0.200. The third-order valence-corrected chi connectivity index (χ3v) is 3.17. The minimum atomic E-state index is -4.50. The van der Waals surface area contributed by atoms with E-state index >= 15 is 0 Å². The molecule has 2 aromatic rings. The summed E-state index contributed by atoms with van der Waals surface area (Å²) in [6.45, 7) is 1.37. The van der Waals surface area contributed by atoms with Crippen LogP contribution in [0.25, 0.3) is 0 Å². The Morgan fingerprint density at radius 1 is 1.00 bits per heavy atom. The number of halogens is 5. The molecule has 2 aromatic carbocycles. The summed E-state index contributed by atoms with van der Waals surface area (Å²) in [5, 5.41) is 10.1. The SMILES string of the molecule is Cc1cc(C(F)(F)F)ccc1C(O)c1cccc(F)c1F. The molecule has 0 heterocycles. The van der Waals surface area contributed by atoms with E-state index in [0.29, 0.717) is 0 Å². The third kappa shape index (κ3) is 3.05. The van der Waals surface area contributed by atoms with Gasteiger partial charge in [-0.25, -0.2) is 8.78 Å². The van der Waals surface area contributed by atoms with Crippen molar-refractivity contribution in [2.75, 3.05) is 0 Å². The van der Waals surface area contributed by atoms with Gasteiger partial charge in [0.15, 0.2) is 11.6 Å². The minimum absolute atomic E-state index is 0.0903. The van der Waals surface area contributed by atoms with Crippen LogP contribution in [0.3, 0.4) is 0 Å². The van der Waals surface area contributed by atoms with Gasteiger partial charge in [-0.1, -0.05) is 18.2 Å². The van der Waals surface area contributed by atoms with Gasteiger partial charge in [0.25, 0.3) is 0 Å². The standard InChI is InChI=1S/C15H11F5O/c1-8-7-9(15(18,19)20)5-6-10(8)14(21)11-3-2-4-12(16)13(11)17/h2-7,14,21H,1H3. The molecule has 0 saturated heterocycles. The first-order valence-corrected chi connectivity index (χ1v) is 6.01. The highest BCUT2D eigenvalue weighted by atomic mass is 19.4. The Morgan fingerprint density at radius 3 is 2.24 bits per heavy atom. The van der Waals surface area contributed by atoms with Gasteiger partial charge in [-0.05, 0) is 36.2 Å². The van der Waals surface area contributed by atoms with Crippen LogP contribution in [-0.4, -0.2) is 5.11 Å². The first kappa shape index (κ1) is 15.4. The van der Waals surface area contributed by atoms with Crippen molar-refractivity contribution < 1.29 is 27.1 Å². The van der Waals surface area contributed by atoms with E-state index in [0.717, 1.165) is 24.3 Å². The van der Waals surface area contributed by atoms with E-state index in [-0.39, 0.29) is 16.7 Å². The molecule has 0 radical (unpaired) electrons. The zero-order valence-corrected chi connectivity index (χ0v) is 10.9. The Kier molecular flexibility index (Phi) is 4.00. The average Bonchev–Trinajstić information content (AvgIpc) is 2.40. The molecule has 0 aliphatic heterocycles. The van der Waals surface area contributed by atoms with E-state index in [2.05, 4.69) is 0 Å². The molecule has 6 heteroatoms. The van der Waals surface area contributed by atoms with Crippen LogP contribution in [0.5, 0.6) is 0 Å². The molecule has 0 fully saturated rings. The molecule has 112 valence electrons. The van der Waals surface area contributed by atoms with Gasteiger partial charge in [0.1, 0.15) is 6.10 Å². The van der Waals surface area contributed by atoms with E-state index in [4.69, 9.17) is 0 Å². The molecule has 1 nitrogen and oxygen atoms in total. The number of hydrogen-bond donors (Lipinski definition) is 1. The van der Waals surface area contributed by atoms with Crippen LogP contribution in [0.4, 0.5) is 22.0 Å². The predicted molar refractivity (Wildman–Crippen MR) is 66.6 cm³/mol. The lowest BCUT2D eigenvalue weighted by molar-refractivity contribution is -0.137. The molecule has 21 heavy (non-hydrogen) atoms. The monoisotopic (exact) mass is 302 g/mol. The highest BCUT2D eigenvalue weighted by molar-refractivity contribution is 5.39. The van der Waals surface area contributed by atoms with Gasteiger partial charge in [-0.3, -0.25) is 0 Å². The topological polar surface area (TPSA) is 20.2 Å². The summed E-state index contributed by atoms with van der Waals surface area (Å²) in [7, 11) is 0. The molecule has 0 aliphatic carbocycles. The fourth-order valence-corrected chi connectivity index (χ4v) is 2.06. The number of alkyl halides is 3. The Bertz CT molecular complexity index is 664. The molecule has 0 spiro atoms. The van der Waals surface area contributed by atoms with E-state index in [1.165, 1.54) is 19.1 Å². The van der Waals surface area contributed by atoms with E-state index in [9.17, 15) is 27.1 Å². The van der Waals surface area contributed by atoms with Gasteiger partial charge in [0, 0.05) is 5.56 Å². The number of rotatable bonds is 2. The van der Waals surface area contributed by atoms with Gasteiger partial charge in [0.2, 0.25) is 0 Å². The van der Waals surface area contributed by atoms with Crippen LogP contribution in [0.2, 0.25) is 0 Å². The Morgan fingerprint density at radius 2 is 1.67 bits per heavy atom. The molecule has 2 rings (SSSR count). The Hall–Kier alpha value is -1.95. The molecule has 0 aromatic heterocycles. The molecular weight excluding hydrogens is 291 g/mol. The van der Waals surface area contributed by atoms with Crippen LogP contribution in [0, 0.1) is 18.6 Å². The number of aryl methyl sites for hydroxylation is 1. The number of benzene rings is 2. The normalized spacial score (nSPS) is 13.3. The molecule has 0 amide bonds. The van der Waals surface area contributed by atoms with Gasteiger partial charge < -0.3 is 5.11 Å². The Balaban J connectivity index is 2.45. The highest BCUT2D eigenvalue weighted by Gasteiger charge is 2.31. The summed E-state index contributed by atoms with van der Waals surface area (Å²) in [4.78, 5) is 0. The molecule has 0 saturated carbocycles. The van der Waals surface area contributed by atoms with Crippen molar-refractivity contribution in [1.29, 1.82) is 0 Å². The lowest BCUT2D eigenvalue weighted by Gasteiger charge is -2.17. The van der Waals surface area contributed by atoms with Crippen molar-refractivity contribution in [2.24, 2.45) is 0 Å². The van der Waals surface area contributed by atoms with Crippen LogP contribution in [0.15, 0.2) is 36.4 Å². The minimum Gasteiger partial charge on any atom is -0.384 e. The molecule has 1 atom stereocenters. The van der Waals surface area contributed by atoms with Crippen LogP contribution in [0.1, 0.15) is 28.4 Å². The molecular formula is C15H11F5O. The summed E-state index contributed by atoms with van der Waals surface area (Å²) >= 11 is 0. The quantitative estimate of drug-likeness (QED) is 0.817. The molecule has 1 N–H and O–H groups in total. The summed E-state index contributed by atoms with van der Waals surface area (Å²) in [5.41, 5.74) is -0.956. The second-order valence-corrected chi connectivity index (χ2v) is 4.61. The van der Waals surface area contributed by atoms with Gasteiger partial charge in [0.05, 0.1) is 5.56 Å². The first-order chi connectivity index (χ1) is 9.71. The zero-order valence-electron chi connectivity index (χ0n) is 10.9. The van der Waals surface area contributed by atoms with E-state index in [1.807, 2.05) is 0 Å². The second kappa shape index (κ2) is 5.44. The average molecular weight is 302 g/mol. The van der Waals surface area contributed by atoms with Gasteiger partial charge in [-0.15, -0.1) is 0 Å². The van der Waals surface area contributed by atoms with Gasteiger partial charge in [-0.2, -0.15) is 13.2 Å². The summed E-state index contributed by atoms with van der Waals surface area (Å²) in [6, 6.07) is 6.01. The maximum atomic E-state index is 13.6. The third-order valence-electron chi connectivity index (χ3n) is 3.17. The predicted octanol–water partition coefficient (Wildman–Crippen LogP) is 4.37. The van der Waals surface area contributed by atoms with Gasteiger partial charge >= 0.3 is 6.18 Å². The maximum Gasteiger partial charge on any atom is 0.416 e. The molecule has 1 unspecified atom stereocenters. The van der Waals surface area contributed by atoms with Crippen LogP contribution in [-0.2, 0) is 6.18 Å². The second-order valence-electron chi connectivity index (χ2n) is 4.61. The Labute approximate surface area is 117 Å². The van der Waals surface area contributed by atoms with E-state index in [1.54, 1.807) is 0 Å². The van der Waals surface area contributed by atoms with Crippen molar-refractivity contribution in [2.45, 2.75) is 19.2 Å². The summed E-state index contributed by atoms with van der Waals surface area (Å²) in [6.07, 6.45) is -6.04. The van der Waals surface area contributed by atoms with Crippen LogP contribution < -0.4 is 0 Å². The smallest absolute Gasteiger partial charge is 0.384 e. The molecule has 0 bridgehead atoms. The highest BCUT2D eigenvalue weighted by Crippen LogP contribution is 2.33. The fourth-order valence-electron chi connectivity index (χ4n) is 2.06. The lowest BCUT2D eigenvalue weighted by Crippen LogP contribution is -2.09. The number of aliphatic hydroxyl groups is 1. The number of hydrogen-bond acceptors (Lipinski definition) is 1. The first-order valence-electron chi connectivity index (χ1n) is 6.01. The molecule has 0 aliphatic rings. The summed E-state index contributed by atoms with van der Waals surface area (Å²) < 4.78 is 64.5. The van der Waals surface area contributed by atoms with Crippen molar-refractivity contribution in [1.82, 2.24) is 0 Å². The zero-order chi connectivity index (χ0) is 15.8. The summed E-state index contributed by atoms with van der Waals surface area (Å²) in [5.74, 6) is -2.35. The lowest BCUT2D eigenvalue weighted by atomic mass is 9.95. The largest absolute Gasteiger partial charge is 0.416 e.